The van der Waals surface area contributed by atoms with Crippen LogP contribution in [0.1, 0.15) is 16.1 Å². The third kappa shape index (κ3) is 3.92. The molecule has 6 nitrogen and oxygen atoms in total. The minimum atomic E-state index is -0.491. The Bertz CT molecular complexity index is 1040. The van der Waals surface area contributed by atoms with E-state index in [1.54, 1.807) is 45.5 Å². The summed E-state index contributed by atoms with van der Waals surface area (Å²) in [6.45, 7) is 0.261. The van der Waals surface area contributed by atoms with E-state index in [0.29, 0.717) is 17.0 Å². The number of carbonyl (C=O) groups excluding carboxylic acids is 1. The highest BCUT2D eigenvalue weighted by Crippen LogP contribution is 2.28. The predicted molar refractivity (Wildman–Crippen MR) is 109 cm³/mol. The number of ether oxygens (including phenoxy) is 1. The Balaban J connectivity index is 2.23. The molecule has 3 rings (SSSR count). The number of aromatic nitrogens is 2. The van der Waals surface area contributed by atoms with Crippen LogP contribution in [0.5, 0.6) is 5.75 Å². The largest absolute Gasteiger partial charge is 0.497 e. The molecule has 7 heteroatoms. The van der Waals surface area contributed by atoms with Crippen LogP contribution >= 0.6 is 11.6 Å². The van der Waals surface area contributed by atoms with Gasteiger partial charge in [-0.25, -0.2) is 4.98 Å². The molecular weight excluding hydrogens is 378 g/mol. The molecule has 0 aliphatic carbocycles. The van der Waals surface area contributed by atoms with Crippen LogP contribution in [-0.4, -0.2) is 41.6 Å². The van der Waals surface area contributed by atoms with Gasteiger partial charge in [-0.1, -0.05) is 41.9 Å². The normalized spacial score (nSPS) is 10.6. The first-order valence-electron chi connectivity index (χ1n) is 8.62. The highest BCUT2D eigenvalue weighted by molar-refractivity contribution is 6.32. The number of nitrogens with zero attached hydrogens (tertiary/aromatic N) is 3. The molecule has 0 unspecified atom stereocenters. The van der Waals surface area contributed by atoms with Crippen LogP contribution in [0, 0.1) is 0 Å². The Kier molecular flexibility index (Phi) is 5.80. The third-order valence-corrected chi connectivity index (χ3v) is 4.54. The Morgan fingerprint density at radius 3 is 2.32 bits per heavy atom. The summed E-state index contributed by atoms with van der Waals surface area (Å²) in [6.07, 6.45) is 0. The molecule has 0 N–H and O–H groups in total. The number of hydrogen-bond acceptors (Lipinski definition) is 4. The highest BCUT2D eigenvalue weighted by atomic mass is 35.5. The van der Waals surface area contributed by atoms with Gasteiger partial charge >= 0.3 is 0 Å². The summed E-state index contributed by atoms with van der Waals surface area (Å²) in [4.78, 5) is 31.0. The number of rotatable bonds is 5. The van der Waals surface area contributed by atoms with Crippen molar-refractivity contribution < 1.29 is 9.53 Å². The molecule has 0 bridgehead atoms. The number of hydrogen-bond donors (Lipinski definition) is 0. The quantitative estimate of drug-likeness (QED) is 0.662. The molecule has 1 heterocycles. The molecule has 28 heavy (non-hydrogen) atoms. The van der Waals surface area contributed by atoms with Crippen LogP contribution in [0.3, 0.4) is 0 Å². The summed E-state index contributed by atoms with van der Waals surface area (Å²) < 4.78 is 6.68. The van der Waals surface area contributed by atoms with Gasteiger partial charge in [0.2, 0.25) is 0 Å². The maximum absolute atomic E-state index is 13.2. The second kappa shape index (κ2) is 8.27. The minimum absolute atomic E-state index is 0.0888. The van der Waals surface area contributed by atoms with Crippen molar-refractivity contribution in [3.8, 4) is 17.0 Å². The average molecular weight is 398 g/mol. The van der Waals surface area contributed by atoms with Crippen molar-refractivity contribution in [1.82, 2.24) is 14.5 Å². The first-order valence-corrected chi connectivity index (χ1v) is 9.00. The number of halogens is 1. The molecule has 0 saturated heterocycles. The number of methoxy groups -OCH3 is 1. The van der Waals surface area contributed by atoms with Gasteiger partial charge in [0, 0.05) is 19.7 Å². The van der Waals surface area contributed by atoms with Gasteiger partial charge in [0.1, 0.15) is 5.75 Å². The van der Waals surface area contributed by atoms with Crippen molar-refractivity contribution in [3.05, 3.63) is 81.4 Å². The maximum atomic E-state index is 13.2. The lowest BCUT2D eigenvalue weighted by molar-refractivity contribution is 0.0819. The second-order valence-electron chi connectivity index (χ2n) is 6.40. The lowest BCUT2D eigenvalue weighted by Gasteiger charge is -2.17. The smallest absolute Gasteiger partial charge is 0.283 e. The summed E-state index contributed by atoms with van der Waals surface area (Å²) in [5.41, 5.74) is 1.37. The molecule has 1 aromatic heterocycles. The van der Waals surface area contributed by atoms with E-state index in [1.807, 2.05) is 30.3 Å². The zero-order valence-electron chi connectivity index (χ0n) is 15.8. The molecule has 0 fully saturated rings. The molecule has 0 radical (unpaired) electrons. The molecule has 144 valence electrons. The fourth-order valence-electron chi connectivity index (χ4n) is 2.83. The molecule has 0 atom stereocenters. The molecular formula is C21H20ClN3O3. The molecule has 3 aromatic rings. The SMILES string of the molecule is COc1ccc(-c2c(Cl)nc(C(=O)N(C)C)c(=O)n2Cc2ccccc2)cc1. The lowest BCUT2D eigenvalue weighted by atomic mass is 10.1. The van der Waals surface area contributed by atoms with Gasteiger partial charge in [0.15, 0.2) is 10.8 Å². The van der Waals surface area contributed by atoms with Crippen LogP contribution in [0.25, 0.3) is 11.3 Å². The monoisotopic (exact) mass is 397 g/mol. The topological polar surface area (TPSA) is 64.4 Å². The van der Waals surface area contributed by atoms with Gasteiger partial charge < -0.3 is 9.64 Å². The van der Waals surface area contributed by atoms with E-state index in [4.69, 9.17) is 16.3 Å². The van der Waals surface area contributed by atoms with E-state index >= 15 is 0 Å². The Morgan fingerprint density at radius 1 is 1.11 bits per heavy atom. The van der Waals surface area contributed by atoms with Gasteiger partial charge in [-0.15, -0.1) is 0 Å². The first-order chi connectivity index (χ1) is 13.4. The standard InChI is InChI=1S/C21H20ClN3O3/c1-24(2)20(26)17-21(27)25(13-14-7-5-4-6-8-14)18(19(22)23-17)15-9-11-16(28-3)12-10-15/h4-12H,13H2,1-3H3. The van der Waals surface area contributed by atoms with Crippen LogP contribution in [0.2, 0.25) is 5.15 Å². The number of carbonyl (C=O) groups is 1. The van der Waals surface area contributed by atoms with E-state index < -0.39 is 11.5 Å². The van der Waals surface area contributed by atoms with Crippen LogP contribution in [0.15, 0.2) is 59.4 Å². The minimum Gasteiger partial charge on any atom is -0.497 e. The fraction of sp³-hybridized carbons (Fsp3) is 0.190. The Hall–Kier alpha value is -3.12. The van der Waals surface area contributed by atoms with E-state index in [0.717, 1.165) is 5.56 Å². The third-order valence-electron chi connectivity index (χ3n) is 4.28. The predicted octanol–water partition coefficient (Wildman–Crippen LogP) is 3.32. The van der Waals surface area contributed by atoms with Crippen molar-refractivity contribution in [3.63, 3.8) is 0 Å². The van der Waals surface area contributed by atoms with Gasteiger partial charge in [-0.3, -0.25) is 14.2 Å². The second-order valence-corrected chi connectivity index (χ2v) is 6.76. The Labute approximate surface area is 168 Å². The number of amides is 1. The summed E-state index contributed by atoms with van der Waals surface area (Å²) in [5.74, 6) is 0.194. The zero-order valence-corrected chi connectivity index (χ0v) is 16.6. The molecule has 1 amide bonds. The Morgan fingerprint density at radius 2 is 1.75 bits per heavy atom. The number of benzene rings is 2. The summed E-state index contributed by atoms with van der Waals surface area (Å²) >= 11 is 6.46. The van der Waals surface area contributed by atoms with Gasteiger partial charge in [0.25, 0.3) is 11.5 Å². The molecule has 2 aromatic carbocycles. The molecule has 0 aliphatic heterocycles. The maximum Gasteiger partial charge on any atom is 0.283 e. The molecule has 0 aliphatic rings. The van der Waals surface area contributed by atoms with Crippen molar-refractivity contribution in [2.45, 2.75) is 6.54 Å². The summed E-state index contributed by atoms with van der Waals surface area (Å²) in [6, 6.07) is 16.7. The molecule has 0 spiro atoms. The van der Waals surface area contributed by atoms with Gasteiger partial charge in [0.05, 0.1) is 19.3 Å². The van der Waals surface area contributed by atoms with Crippen molar-refractivity contribution >= 4 is 17.5 Å². The van der Waals surface area contributed by atoms with E-state index in [9.17, 15) is 9.59 Å². The van der Waals surface area contributed by atoms with E-state index in [2.05, 4.69) is 4.98 Å². The first kappa shape index (κ1) is 19.6. The van der Waals surface area contributed by atoms with Gasteiger partial charge in [-0.2, -0.15) is 0 Å². The van der Waals surface area contributed by atoms with Crippen LogP contribution < -0.4 is 10.3 Å². The van der Waals surface area contributed by atoms with Crippen LogP contribution in [-0.2, 0) is 6.54 Å². The van der Waals surface area contributed by atoms with Crippen LogP contribution in [0.4, 0.5) is 0 Å². The van der Waals surface area contributed by atoms with Crippen molar-refractivity contribution in [2.24, 2.45) is 0 Å². The van der Waals surface area contributed by atoms with Crippen molar-refractivity contribution in [1.29, 1.82) is 0 Å². The lowest BCUT2D eigenvalue weighted by Crippen LogP contribution is -2.35. The zero-order chi connectivity index (χ0) is 20.3. The molecule has 0 saturated carbocycles. The van der Waals surface area contributed by atoms with Crippen molar-refractivity contribution in [2.75, 3.05) is 21.2 Å². The summed E-state index contributed by atoms with van der Waals surface area (Å²) in [7, 11) is 4.71. The average Bonchev–Trinajstić information content (AvgIpc) is 2.71. The highest BCUT2D eigenvalue weighted by Gasteiger charge is 2.22. The van der Waals surface area contributed by atoms with E-state index in [-0.39, 0.29) is 17.4 Å². The van der Waals surface area contributed by atoms with Gasteiger partial charge in [-0.05, 0) is 29.8 Å². The fourth-order valence-corrected chi connectivity index (χ4v) is 3.13. The summed E-state index contributed by atoms with van der Waals surface area (Å²) in [5, 5.41) is 0.0888. The van der Waals surface area contributed by atoms with E-state index in [1.165, 1.54) is 9.47 Å².